The number of nitrogens with zero attached hydrogens (tertiary/aromatic N) is 1. The molecule has 0 unspecified atom stereocenters. The molecule has 0 bridgehead atoms. The van der Waals surface area contributed by atoms with Crippen molar-refractivity contribution in [1.29, 1.82) is 0 Å². The number of rotatable bonds is 4. The van der Waals surface area contributed by atoms with E-state index >= 15 is 0 Å². The van der Waals surface area contributed by atoms with E-state index in [-0.39, 0.29) is 5.78 Å². The average molecular weight is 408 g/mol. The molecule has 3 nitrogen and oxygen atoms in total. The van der Waals surface area contributed by atoms with E-state index < -0.39 is 0 Å². The first-order valence-electron chi connectivity index (χ1n) is 8.70. The van der Waals surface area contributed by atoms with Crippen LogP contribution in [0.25, 0.3) is 10.2 Å². The Balaban J connectivity index is 1.67. The number of halogens is 2. The van der Waals surface area contributed by atoms with E-state index in [4.69, 9.17) is 27.9 Å². The maximum Gasteiger partial charge on any atom is 0.204 e. The van der Waals surface area contributed by atoms with Gasteiger partial charge in [0.15, 0.2) is 0 Å². The Bertz CT molecular complexity index is 970. The van der Waals surface area contributed by atoms with Crippen molar-refractivity contribution < 1.29 is 9.53 Å². The Labute approximate surface area is 166 Å². The van der Waals surface area contributed by atoms with Crippen LogP contribution in [-0.2, 0) is 11.3 Å². The molecule has 1 aromatic carbocycles. The zero-order valence-electron chi connectivity index (χ0n) is 14.4. The highest BCUT2D eigenvalue weighted by Gasteiger charge is 2.21. The smallest absolute Gasteiger partial charge is 0.204 e. The van der Waals surface area contributed by atoms with Crippen LogP contribution < -0.4 is 0 Å². The summed E-state index contributed by atoms with van der Waals surface area (Å²) in [5.41, 5.74) is 1.69. The van der Waals surface area contributed by atoms with Gasteiger partial charge in [0, 0.05) is 36.4 Å². The van der Waals surface area contributed by atoms with Crippen LogP contribution in [0.3, 0.4) is 0 Å². The fourth-order valence-electron chi connectivity index (χ4n) is 3.51. The molecule has 6 heteroatoms. The Morgan fingerprint density at radius 1 is 1.27 bits per heavy atom. The zero-order chi connectivity index (χ0) is 18.3. The molecular formula is C20H19Cl2NO2S. The Hall–Kier alpha value is -1.33. The Kier molecular flexibility index (Phi) is 5.11. The van der Waals surface area contributed by atoms with Crippen molar-refractivity contribution in [3.63, 3.8) is 0 Å². The number of benzene rings is 1. The molecule has 1 saturated heterocycles. The predicted octanol–water partition coefficient (Wildman–Crippen LogP) is 5.98. The van der Waals surface area contributed by atoms with E-state index in [1.807, 2.05) is 6.07 Å². The van der Waals surface area contributed by atoms with E-state index in [0.29, 0.717) is 26.4 Å². The lowest BCUT2D eigenvalue weighted by Crippen LogP contribution is -2.20. The summed E-state index contributed by atoms with van der Waals surface area (Å²) in [5, 5.41) is 1.83. The first-order valence-corrected chi connectivity index (χ1v) is 10.3. The lowest BCUT2D eigenvalue weighted by molar-refractivity contribution is 0.0615. The highest BCUT2D eigenvalue weighted by atomic mass is 35.5. The maximum absolute atomic E-state index is 12.9. The first kappa shape index (κ1) is 18.1. The Morgan fingerprint density at radius 2 is 2.04 bits per heavy atom. The number of ether oxygens (including phenoxy) is 1. The minimum atomic E-state index is -0.0750. The molecule has 0 aliphatic carbocycles. The van der Waals surface area contributed by atoms with Gasteiger partial charge in [0.25, 0.3) is 0 Å². The van der Waals surface area contributed by atoms with Crippen molar-refractivity contribution in [2.75, 3.05) is 13.2 Å². The summed E-state index contributed by atoms with van der Waals surface area (Å²) in [7, 11) is 0. The van der Waals surface area contributed by atoms with Gasteiger partial charge in [-0.2, -0.15) is 0 Å². The van der Waals surface area contributed by atoms with Crippen LogP contribution in [0.15, 0.2) is 30.3 Å². The lowest BCUT2D eigenvalue weighted by Gasteiger charge is -2.23. The number of hydrogen-bond acceptors (Lipinski definition) is 3. The molecular weight excluding hydrogens is 389 g/mol. The number of ketones is 1. The van der Waals surface area contributed by atoms with Crippen molar-refractivity contribution in [2.24, 2.45) is 5.92 Å². The lowest BCUT2D eigenvalue weighted by atomic mass is 10.0. The summed E-state index contributed by atoms with van der Waals surface area (Å²) < 4.78 is 7.81. The van der Waals surface area contributed by atoms with Gasteiger partial charge in [-0.15, -0.1) is 11.3 Å². The van der Waals surface area contributed by atoms with E-state index in [9.17, 15) is 4.79 Å². The van der Waals surface area contributed by atoms with Gasteiger partial charge >= 0.3 is 0 Å². The zero-order valence-corrected chi connectivity index (χ0v) is 16.8. The third-order valence-electron chi connectivity index (χ3n) is 4.98. The minimum Gasteiger partial charge on any atom is -0.381 e. The minimum absolute atomic E-state index is 0.0750. The van der Waals surface area contributed by atoms with Crippen LogP contribution in [-0.4, -0.2) is 23.6 Å². The van der Waals surface area contributed by atoms with Gasteiger partial charge in [-0.3, -0.25) is 4.79 Å². The molecule has 0 amide bonds. The summed E-state index contributed by atoms with van der Waals surface area (Å²) in [6.07, 6.45) is 2.18. The summed E-state index contributed by atoms with van der Waals surface area (Å²) in [4.78, 5) is 14.8. The van der Waals surface area contributed by atoms with Gasteiger partial charge in [-0.25, -0.2) is 0 Å². The molecule has 0 spiro atoms. The molecule has 0 atom stereocenters. The fourth-order valence-corrected chi connectivity index (χ4v) is 5.06. The van der Waals surface area contributed by atoms with Gasteiger partial charge < -0.3 is 9.30 Å². The molecule has 1 aliphatic heterocycles. The molecule has 2 aromatic heterocycles. The fraction of sp³-hybridized carbons (Fsp3) is 0.350. The van der Waals surface area contributed by atoms with Gasteiger partial charge in [-0.1, -0.05) is 29.3 Å². The number of carbonyl (C=O) groups is 1. The summed E-state index contributed by atoms with van der Waals surface area (Å²) in [6, 6.07) is 9.29. The number of aromatic nitrogens is 1. The van der Waals surface area contributed by atoms with Crippen molar-refractivity contribution in [2.45, 2.75) is 26.3 Å². The van der Waals surface area contributed by atoms with Crippen molar-refractivity contribution in [3.8, 4) is 0 Å². The third-order valence-corrected chi connectivity index (χ3v) is 6.97. The molecule has 26 heavy (non-hydrogen) atoms. The van der Waals surface area contributed by atoms with Crippen LogP contribution in [0, 0.1) is 12.8 Å². The summed E-state index contributed by atoms with van der Waals surface area (Å²) in [5.74, 6) is 0.552. The largest absolute Gasteiger partial charge is 0.381 e. The van der Waals surface area contributed by atoms with Gasteiger partial charge in [0.2, 0.25) is 5.78 Å². The summed E-state index contributed by atoms with van der Waals surface area (Å²) >= 11 is 13.8. The SMILES string of the molecule is Cc1cc2cc(C(=O)c3cccc(Cl)c3Cl)sc2n1CC1CCOCC1. The molecule has 0 N–H and O–H groups in total. The quantitative estimate of drug-likeness (QED) is 0.498. The van der Waals surface area contributed by atoms with Crippen molar-refractivity contribution in [3.05, 3.63) is 56.5 Å². The van der Waals surface area contributed by atoms with Crippen molar-refractivity contribution in [1.82, 2.24) is 4.57 Å². The molecule has 0 radical (unpaired) electrons. The molecule has 3 heterocycles. The second-order valence-electron chi connectivity index (χ2n) is 6.75. The number of thiophene rings is 1. The average Bonchev–Trinajstić information content (AvgIpc) is 3.17. The molecule has 4 rings (SSSR count). The Morgan fingerprint density at radius 3 is 2.81 bits per heavy atom. The van der Waals surface area contributed by atoms with Crippen LogP contribution in [0.4, 0.5) is 0 Å². The second kappa shape index (κ2) is 7.35. The molecule has 3 aromatic rings. The van der Waals surface area contributed by atoms with Crippen LogP contribution >= 0.6 is 34.5 Å². The number of hydrogen-bond donors (Lipinski definition) is 0. The molecule has 0 saturated carbocycles. The number of aryl methyl sites for hydroxylation is 1. The van der Waals surface area contributed by atoms with Crippen molar-refractivity contribution >= 4 is 50.5 Å². The van der Waals surface area contributed by atoms with Gasteiger partial charge in [0.1, 0.15) is 4.83 Å². The third kappa shape index (κ3) is 3.31. The van der Waals surface area contributed by atoms with E-state index in [0.717, 1.165) is 42.8 Å². The number of carbonyl (C=O) groups excluding carboxylic acids is 1. The van der Waals surface area contributed by atoms with Gasteiger partial charge in [-0.05, 0) is 49.9 Å². The normalized spacial score (nSPS) is 15.7. The van der Waals surface area contributed by atoms with Crippen LogP contribution in [0.1, 0.15) is 33.8 Å². The molecule has 1 fully saturated rings. The first-order chi connectivity index (χ1) is 12.5. The standard InChI is InChI=1S/C20H19Cl2NO2S/c1-12-9-14-10-17(19(24)15-3-2-4-16(21)18(15)22)26-20(14)23(12)11-13-5-7-25-8-6-13/h2-4,9-10,13H,5-8,11H2,1H3. The maximum atomic E-state index is 12.9. The van der Waals surface area contributed by atoms with E-state index in [1.54, 1.807) is 18.2 Å². The van der Waals surface area contributed by atoms with Crippen LogP contribution in [0.2, 0.25) is 10.0 Å². The highest BCUT2D eigenvalue weighted by molar-refractivity contribution is 7.20. The van der Waals surface area contributed by atoms with Gasteiger partial charge in [0.05, 0.1) is 14.9 Å². The molecule has 1 aliphatic rings. The number of fused-ring (bicyclic) bond motifs is 1. The van der Waals surface area contributed by atoms with E-state index in [1.165, 1.54) is 17.0 Å². The van der Waals surface area contributed by atoms with Crippen LogP contribution in [0.5, 0.6) is 0 Å². The highest BCUT2D eigenvalue weighted by Crippen LogP contribution is 2.34. The molecule has 136 valence electrons. The monoisotopic (exact) mass is 407 g/mol. The predicted molar refractivity (Wildman–Crippen MR) is 108 cm³/mol. The van der Waals surface area contributed by atoms with E-state index in [2.05, 4.69) is 17.6 Å². The summed E-state index contributed by atoms with van der Waals surface area (Å²) in [6.45, 7) is 4.79. The second-order valence-corrected chi connectivity index (χ2v) is 8.57. The topological polar surface area (TPSA) is 31.2 Å².